The van der Waals surface area contributed by atoms with Crippen molar-refractivity contribution in [2.45, 2.75) is 19.3 Å². The van der Waals surface area contributed by atoms with Crippen molar-refractivity contribution in [1.82, 2.24) is 5.32 Å². The zero-order valence-electron chi connectivity index (χ0n) is 9.72. The fraction of sp³-hybridized carbons (Fsp3) is 0.538. The van der Waals surface area contributed by atoms with Crippen LogP contribution in [-0.4, -0.2) is 19.7 Å². The molecular weight excluding hydrogens is 224 g/mol. The molecule has 1 saturated heterocycles. The van der Waals surface area contributed by atoms with Crippen molar-refractivity contribution in [1.29, 1.82) is 0 Å². The Morgan fingerprint density at radius 1 is 1.24 bits per heavy atom. The first-order chi connectivity index (χ1) is 8.25. The molecule has 1 aliphatic rings. The van der Waals surface area contributed by atoms with Gasteiger partial charge in [-0.05, 0) is 50.4 Å². The molecule has 94 valence electrons. The molecule has 1 aromatic carbocycles. The van der Waals surface area contributed by atoms with E-state index in [1.165, 1.54) is 12.1 Å². The van der Waals surface area contributed by atoms with E-state index in [9.17, 15) is 8.78 Å². The van der Waals surface area contributed by atoms with Crippen LogP contribution in [0.15, 0.2) is 18.2 Å². The molecule has 1 N–H and O–H groups in total. The second-order valence-corrected chi connectivity index (χ2v) is 4.41. The zero-order valence-corrected chi connectivity index (χ0v) is 9.72. The van der Waals surface area contributed by atoms with Gasteiger partial charge in [0.05, 0.1) is 6.61 Å². The maximum atomic E-state index is 13.2. The standard InChI is InChI=1S/C13H17F2NO/c14-11-1-2-13(12(15)9-11)17-8-5-10-3-6-16-7-4-10/h1-2,9-10,16H,3-8H2. The SMILES string of the molecule is Fc1ccc(OCCC2CCNCC2)c(F)c1. The van der Waals surface area contributed by atoms with Gasteiger partial charge in [0, 0.05) is 6.07 Å². The summed E-state index contributed by atoms with van der Waals surface area (Å²) < 4.78 is 31.2. The third-order valence-corrected chi connectivity index (χ3v) is 3.14. The second-order valence-electron chi connectivity index (χ2n) is 4.41. The van der Waals surface area contributed by atoms with E-state index in [1.54, 1.807) is 0 Å². The molecule has 0 saturated carbocycles. The molecule has 1 fully saturated rings. The summed E-state index contributed by atoms with van der Waals surface area (Å²) >= 11 is 0. The van der Waals surface area contributed by atoms with Gasteiger partial charge >= 0.3 is 0 Å². The van der Waals surface area contributed by atoms with Crippen molar-refractivity contribution in [3.63, 3.8) is 0 Å². The van der Waals surface area contributed by atoms with Gasteiger partial charge in [0.2, 0.25) is 0 Å². The van der Waals surface area contributed by atoms with E-state index in [4.69, 9.17) is 4.74 Å². The minimum atomic E-state index is -0.629. The van der Waals surface area contributed by atoms with Crippen LogP contribution in [0.5, 0.6) is 5.75 Å². The molecule has 2 rings (SSSR count). The van der Waals surface area contributed by atoms with Crippen LogP contribution < -0.4 is 10.1 Å². The number of halogens is 2. The third-order valence-electron chi connectivity index (χ3n) is 3.14. The van der Waals surface area contributed by atoms with Crippen LogP contribution in [0.25, 0.3) is 0 Å². The lowest BCUT2D eigenvalue weighted by Gasteiger charge is -2.22. The predicted octanol–water partition coefficient (Wildman–Crippen LogP) is 2.73. The molecule has 0 radical (unpaired) electrons. The number of nitrogens with one attached hydrogen (secondary N) is 1. The van der Waals surface area contributed by atoms with Gasteiger partial charge in [0.25, 0.3) is 0 Å². The first-order valence-corrected chi connectivity index (χ1v) is 6.04. The number of hydrogen-bond donors (Lipinski definition) is 1. The highest BCUT2D eigenvalue weighted by atomic mass is 19.1. The molecule has 2 nitrogen and oxygen atoms in total. The van der Waals surface area contributed by atoms with Gasteiger partial charge in [0.1, 0.15) is 5.82 Å². The number of hydrogen-bond acceptors (Lipinski definition) is 2. The fourth-order valence-corrected chi connectivity index (χ4v) is 2.10. The van der Waals surface area contributed by atoms with Crippen LogP contribution in [0.1, 0.15) is 19.3 Å². The number of ether oxygens (including phenoxy) is 1. The van der Waals surface area contributed by atoms with Crippen molar-refractivity contribution in [3.8, 4) is 5.75 Å². The van der Waals surface area contributed by atoms with E-state index in [-0.39, 0.29) is 5.75 Å². The molecule has 0 atom stereocenters. The first kappa shape index (κ1) is 12.3. The molecule has 0 bridgehead atoms. The molecule has 0 aromatic heterocycles. The lowest BCUT2D eigenvalue weighted by atomic mass is 9.95. The first-order valence-electron chi connectivity index (χ1n) is 6.04. The van der Waals surface area contributed by atoms with Crippen molar-refractivity contribution in [2.24, 2.45) is 5.92 Å². The van der Waals surface area contributed by atoms with Gasteiger partial charge < -0.3 is 10.1 Å². The summed E-state index contributed by atoms with van der Waals surface area (Å²) in [6.07, 6.45) is 3.23. The smallest absolute Gasteiger partial charge is 0.167 e. The maximum Gasteiger partial charge on any atom is 0.167 e. The van der Waals surface area contributed by atoms with Gasteiger partial charge in [-0.1, -0.05) is 0 Å². The Bertz CT molecular complexity index is 364. The van der Waals surface area contributed by atoms with Gasteiger partial charge in [-0.2, -0.15) is 0 Å². The normalized spacial score (nSPS) is 17.1. The highest BCUT2D eigenvalue weighted by Gasteiger charge is 2.13. The predicted molar refractivity (Wildman–Crippen MR) is 62.1 cm³/mol. The second kappa shape index (κ2) is 5.96. The van der Waals surface area contributed by atoms with Crippen molar-refractivity contribution < 1.29 is 13.5 Å². The summed E-state index contributed by atoms with van der Waals surface area (Å²) in [5.41, 5.74) is 0. The van der Waals surface area contributed by atoms with E-state index >= 15 is 0 Å². The monoisotopic (exact) mass is 241 g/mol. The lowest BCUT2D eigenvalue weighted by molar-refractivity contribution is 0.243. The Labute approximate surface area is 100.0 Å². The molecule has 1 aromatic rings. The number of rotatable bonds is 4. The molecule has 0 amide bonds. The Balaban J connectivity index is 1.77. The lowest BCUT2D eigenvalue weighted by Crippen LogP contribution is -2.28. The Morgan fingerprint density at radius 2 is 2.00 bits per heavy atom. The highest BCUT2D eigenvalue weighted by molar-refractivity contribution is 5.24. The maximum absolute atomic E-state index is 13.2. The van der Waals surface area contributed by atoms with Crippen molar-refractivity contribution in [3.05, 3.63) is 29.8 Å². The highest BCUT2D eigenvalue weighted by Crippen LogP contribution is 2.20. The summed E-state index contributed by atoms with van der Waals surface area (Å²) in [5, 5.41) is 3.30. The zero-order chi connectivity index (χ0) is 12.1. The largest absolute Gasteiger partial charge is 0.491 e. The molecule has 0 spiro atoms. The minimum Gasteiger partial charge on any atom is -0.491 e. The number of benzene rings is 1. The molecule has 1 heterocycles. The Kier molecular flexibility index (Phi) is 4.31. The molecule has 0 aliphatic carbocycles. The average molecular weight is 241 g/mol. The Morgan fingerprint density at radius 3 is 2.71 bits per heavy atom. The van der Waals surface area contributed by atoms with E-state index < -0.39 is 11.6 Å². The van der Waals surface area contributed by atoms with E-state index in [1.807, 2.05) is 0 Å². The average Bonchev–Trinajstić information content (AvgIpc) is 2.33. The van der Waals surface area contributed by atoms with Crippen LogP contribution in [0.3, 0.4) is 0 Å². The summed E-state index contributed by atoms with van der Waals surface area (Å²) in [4.78, 5) is 0. The quantitative estimate of drug-likeness (QED) is 0.875. The summed E-state index contributed by atoms with van der Waals surface area (Å²) in [7, 11) is 0. The van der Waals surface area contributed by atoms with Gasteiger partial charge in [-0.25, -0.2) is 8.78 Å². The summed E-state index contributed by atoms with van der Waals surface area (Å²) in [6, 6.07) is 3.40. The topological polar surface area (TPSA) is 21.3 Å². The van der Waals surface area contributed by atoms with Gasteiger partial charge in [-0.15, -0.1) is 0 Å². The van der Waals surface area contributed by atoms with Crippen LogP contribution in [0, 0.1) is 17.6 Å². The van der Waals surface area contributed by atoms with E-state index in [2.05, 4.69) is 5.32 Å². The van der Waals surface area contributed by atoms with Crippen molar-refractivity contribution in [2.75, 3.05) is 19.7 Å². The summed E-state index contributed by atoms with van der Waals surface area (Å²) in [5.74, 6) is -0.413. The van der Waals surface area contributed by atoms with E-state index in [0.717, 1.165) is 38.4 Å². The molecular formula is C13H17F2NO. The molecule has 0 unspecified atom stereocenters. The Hall–Kier alpha value is -1.16. The van der Waals surface area contributed by atoms with Crippen LogP contribution in [-0.2, 0) is 0 Å². The summed E-state index contributed by atoms with van der Waals surface area (Å²) in [6.45, 7) is 2.60. The van der Waals surface area contributed by atoms with Crippen LogP contribution in [0.4, 0.5) is 8.78 Å². The minimum absolute atomic E-state index is 0.139. The van der Waals surface area contributed by atoms with Gasteiger partial charge in [0.15, 0.2) is 11.6 Å². The van der Waals surface area contributed by atoms with Crippen molar-refractivity contribution >= 4 is 0 Å². The van der Waals surface area contributed by atoms with Crippen LogP contribution >= 0.6 is 0 Å². The van der Waals surface area contributed by atoms with E-state index in [0.29, 0.717) is 12.5 Å². The molecule has 17 heavy (non-hydrogen) atoms. The van der Waals surface area contributed by atoms with Gasteiger partial charge in [-0.3, -0.25) is 0 Å². The fourth-order valence-electron chi connectivity index (χ4n) is 2.10. The molecule has 1 aliphatic heterocycles. The third kappa shape index (κ3) is 3.66. The molecule has 4 heteroatoms. The van der Waals surface area contributed by atoms with Crippen LogP contribution in [0.2, 0.25) is 0 Å². The number of piperidine rings is 1.